The molecule has 0 radical (unpaired) electrons. The number of alkyl halides is 3. The third-order valence-electron chi connectivity index (χ3n) is 5.22. The molecule has 27 heavy (non-hydrogen) atoms. The first kappa shape index (κ1) is 17.9. The number of aromatic nitrogens is 3. The van der Waals surface area contributed by atoms with Crippen molar-refractivity contribution in [2.75, 3.05) is 13.1 Å². The van der Waals surface area contributed by atoms with Crippen molar-refractivity contribution >= 4 is 10.9 Å². The Morgan fingerprint density at radius 1 is 1.15 bits per heavy atom. The molecule has 0 aliphatic carbocycles. The third kappa shape index (κ3) is 3.42. The van der Waals surface area contributed by atoms with Crippen LogP contribution in [0.2, 0.25) is 0 Å². The Kier molecular flexibility index (Phi) is 4.61. The van der Waals surface area contributed by atoms with Gasteiger partial charge in [0.1, 0.15) is 5.69 Å². The Hall–Kier alpha value is -2.45. The van der Waals surface area contributed by atoms with E-state index in [1.165, 1.54) is 6.07 Å². The van der Waals surface area contributed by atoms with Crippen LogP contribution in [-0.4, -0.2) is 38.3 Å². The summed E-state index contributed by atoms with van der Waals surface area (Å²) in [5.41, 5.74) is 1.03. The summed E-state index contributed by atoms with van der Waals surface area (Å²) in [4.78, 5) is 5.86. The van der Waals surface area contributed by atoms with E-state index >= 15 is 0 Å². The van der Waals surface area contributed by atoms with Gasteiger partial charge in [-0.2, -0.15) is 18.3 Å². The number of H-pyrrole nitrogens is 1. The second kappa shape index (κ2) is 6.94. The predicted molar refractivity (Wildman–Crippen MR) is 93.8 cm³/mol. The lowest BCUT2D eigenvalue weighted by molar-refractivity contribution is -0.138. The summed E-state index contributed by atoms with van der Waals surface area (Å²) in [6, 6.07) is 7.55. The lowest BCUT2D eigenvalue weighted by Gasteiger charge is -2.35. The molecule has 1 aliphatic rings. The lowest BCUT2D eigenvalue weighted by atomic mass is 9.86. The maximum Gasteiger partial charge on any atom is 0.416 e. The molecule has 142 valence electrons. The fourth-order valence-electron chi connectivity index (χ4n) is 3.82. The molecule has 0 bridgehead atoms. The highest BCUT2D eigenvalue weighted by Crippen LogP contribution is 2.39. The average molecular weight is 376 g/mol. The van der Waals surface area contributed by atoms with Crippen molar-refractivity contribution < 1.29 is 18.3 Å². The summed E-state index contributed by atoms with van der Waals surface area (Å²) < 4.78 is 39.8. The molecule has 0 saturated carbocycles. The van der Waals surface area contributed by atoms with E-state index in [9.17, 15) is 18.3 Å². The maximum atomic E-state index is 13.3. The quantitative estimate of drug-likeness (QED) is 0.729. The zero-order valence-electron chi connectivity index (χ0n) is 14.4. The van der Waals surface area contributed by atoms with E-state index in [-0.39, 0.29) is 5.92 Å². The van der Waals surface area contributed by atoms with E-state index in [1.807, 2.05) is 4.90 Å². The van der Waals surface area contributed by atoms with Crippen molar-refractivity contribution in [1.82, 2.24) is 20.1 Å². The molecule has 0 spiro atoms. The Morgan fingerprint density at radius 2 is 1.89 bits per heavy atom. The molecule has 2 aromatic heterocycles. The highest BCUT2D eigenvalue weighted by atomic mass is 19.4. The van der Waals surface area contributed by atoms with Crippen molar-refractivity contribution in [2.45, 2.75) is 31.2 Å². The number of piperidine rings is 1. The van der Waals surface area contributed by atoms with Gasteiger partial charge >= 0.3 is 6.18 Å². The van der Waals surface area contributed by atoms with Crippen LogP contribution < -0.4 is 0 Å². The fraction of sp³-hybridized carbons (Fsp3) is 0.368. The van der Waals surface area contributed by atoms with E-state index < -0.39 is 18.0 Å². The third-order valence-corrected chi connectivity index (χ3v) is 5.22. The zero-order chi connectivity index (χ0) is 19.0. The molecule has 3 heterocycles. The van der Waals surface area contributed by atoms with E-state index in [4.69, 9.17) is 0 Å². The van der Waals surface area contributed by atoms with Crippen LogP contribution in [0.1, 0.15) is 41.8 Å². The minimum Gasteiger partial charge on any atom is -0.372 e. The largest absolute Gasteiger partial charge is 0.416 e. The summed E-state index contributed by atoms with van der Waals surface area (Å²) in [5, 5.41) is 18.5. The van der Waals surface area contributed by atoms with E-state index in [0.29, 0.717) is 37.2 Å². The number of aliphatic hydroxyl groups excluding tert-OH is 1. The van der Waals surface area contributed by atoms with Gasteiger partial charge in [0.2, 0.25) is 0 Å². The minimum absolute atomic E-state index is 0.175. The van der Waals surface area contributed by atoms with Gasteiger partial charge in [0.05, 0.1) is 17.3 Å². The topological polar surface area (TPSA) is 65.0 Å². The maximum absolute atomic E-state index is 13.3. The first-order valence-corrected chi connectivity index (χ1v) is 8.81. The Balaban J connectivity index is 1.50. The molecule has 0 amide bonds. The number of halogens is 3. The molecule has 1 saturated heterocycles. The summed E-state index contributed by atoms with van der Waals surface area (Å²) in [5.74, 6) is -0.175. The van der Waals surface area contributed by atoms with Crippen LogP contribution in [0.25, 0.3) is 10.9 Å². The summed E-state index contributed by atoms with van der Waals surface area (Å²) in [6.07, 6.45) is -0.884. The Labute approximate surface area is 153 Å². The first-order chi connectivity index (χ1) is 12.9. The number of likely N-dealkylation sites (tertiary alicyclic amines) is 1. The van der Waals surface area contributed by atoms with Crippen LogP contribution in [0.4, 0.5) is 13.2 Å². The highest BCUT2D eigenvalue weighted by molar-refractivity contribution is 5.80. The smallest absolute Gasteiger partial charge is 0.372 e. The van der Waals surface area contributed by atoms with Crippen molar-refractivity contribution in [3.05, 3.63) is 59.5 Å². The van der Waals surface area contributed by atoms with Crippen molar-refractivity contribution in [3.63, 3.8) is 0 Å². The van der Waals surface area contributed by atoms with Gasteiger partial charge in [-0.15, -0.1) is 0 Å². The lowest BCUT2D eigenvalue weighted by Crippen LogP contribution is -2.36. The molecular formula is C19H19F3N4O. The van der Waals surface area contributed by atoms with Crippen LogP contribution >= 0.6 is 0 Å². The number of aliphatic hydroxyl groups is 1. The number of hydrogen-bond donors (Lipinski definition) is 2. The normalized spacial score (nSPS) is 18.1. The van der Waals surface area contributed by atoms with E-state index in [2.05, 4.69) is 15.2 Å². The van der Waals surface area contributed by atoms with E-state index in [1.54, 1.807) is 30.6 Å². The number of fused-ring (bicyclic) bond motifs is 1. The van der Waals surface area contributed by atoms with Crippen LogP contribution in [0.3, 0.4) is 0 Å². The highest BCUT2D eigenvalue weighted by Gasteiger charge is 2.36. The van der Waals surface area contributed by atoms with Crippen LogP contribution in [0.5, 0.6) is 0 Å². The Bertz CT molecular complexity index is 932. The summed E-state index contributed by atoms with van der Waals surface area (Å²) in [7, 11) is 0. The number of nitrogens with one attached hydrogen (secondary N) is 1. The van der Waals surface area contributed by atoms with Gasteiger partial charge in [-0.05, 0) is 36.5 Å². The number of benzene rings is 1. The number of aromatic amines is 1. The van der Waals surface area contributed by atoms with Gasteiger partial charge in [-0.3, -0.25) is 15.0 Å². The molecule has 1 aliphatic heterocycles. The van der Waals surface area contributed by atoms with Gasteiger partial charge in [0, 0.05) is 24.7 Å². The second-order valence-electron chi connectivity index (χ2n) is 6.80. The van der Waals surface area contributed by atoms with E-state index in [0.717, 1.165) is 17.0 Å². The van der Waals surface area contributed by atoms with Gasteiger partial charge in [0.25, 0.3) is 0 Å². The second-order valence-corrected chi connectivity index (χ2v) is 6.80. The van der Waals surface area contributed by atoms with Crippen molar-refractivity contribution in [1.29, 1.82) is 0 Å². The monoisotopic (exact) mass is 376 g/mol. The standard InChI is InChI=1S/C19H19F3N4O/c20-19(21,22)15-4-2-1-3-13(15)12-6-9-26(10-7-12)18(27)17-14-5-8-23-11-16(14)24-25-17/h1-5,8,11-12,18,27H,6-7,9-10H2,(H,24,25). The number of pyridine rings is 1. The molecule has 2 N–H and O–H groups in total. The minimum atomic E-state index is -4.35. The predicted octanol–water partition coefficient (Wildman–Crippen LogP) is 3.85. The van der Waals surface area contributed by atoms with Gasteiger partial charge in [0.15, 0.2) is 6.23 Å². The molecule has 8 heteroatoms. The van der Waals surface area contributed by atoms with Gasteiger partial charge in [-0.25, -0.2) is 0 Å². The molecular weight excluding hydrogens is 357 g/mol. The molecule has 1 atom stereocenters. The summed E-state index contributed by atoms with van der Waals surface area (Å²) >= 11 is 0. The average Bonchev–Trinajstić information content (AvgIpc) is 3.11. The molecule has 1 fully saturated rings. The molecule has 3 aromatic rings. The molecule has 1 aromatic carbocycles. The van der Waals surface area contributed by atoms with Gasteiger partial charge in [-0.1, -0.05) is 18.2 Å². The number of nitrogens with zero attached hydrogens (tertiary/aromatic N) is 3. The molecule has 1 unspecified atom stereocenters. The van der Waals surface area contributed by atoms with Gasteiger partial charge < -0.3 is 5.11 Å². The van der Waals surface area contributed by atoms with Crippen LogP contribution in [0.15, 0.2) is 42.7 Å². The summed E-state index contributed by atoms with van der Waals surface area (Å²) in [6.45, 7) is 0.995. The van der Waals surface area contributed by atoms with Crippen LogP contribution in [0, 0.1) is 0 Å². The first-order valence-electron chi connectivity index (χ1n) is 8.81. The SMILES string of the molecule is OC(c1n[nH]c2cnccc12)N1CCC(c2ccccc2C(F)(F)F)CC1. The molecule has 5 nitrogen and oxygen atoms in total. The zero-order valence-corrected chi connectivity index (χ0v) is 14.4. The molecule has 4 rings (SSSR count). The number of hydrogen-bond acceptors (Lipinski definition) is 4. The fourth-order valence-corrected chi connectivity index (χ4v) is 3.82. The van der Waals surface area contributed by atoms with Crippen LogP contribution in [-0.2, 0) is 6.18 Å². The number of rotatable bonds is 3. The van der Waals surface area contributed by atoms with Crippen molar-refractivity contribution in [3.8, 4) is 0 Å². The Morgan fingerprint density at radius 3 is 2.63 bits per heavy atom. The van der Waals surface area contributed by atoms with Crippen molar-refractivity contribution in [2.24, 2.45) is 0 Å².